The highest BCUT2D eigenvalue weighted by Crippen LogP contribution is 2.65. The zero-order valence-electron chi connectivity index (χ0n) is 18.8. The molecular weight excluding hydrogens is 407 g/mol. The Morgan fingerprint density at radius 2 is 1.26 bits per heavy atom. The highest BCUT2D eigenvalue weighted by molar-refractivity contribution is 7.55. The average molecular weight is 443 g/mol. The highest BCUT2D eigenvalue weighted by atomic mass is 31.2. The summed E-state index contributed by atoms with van der Waals surface area (Å²) >= 11 is 0. The molecule has 0 spiro atoms. The number of benzene rings is 2. The van der Waals surface area contributed by atoms with Gasteiger partial charge in [0.25, 0.3) is 0 Å². The third-order valence-electron chi connectivity index (χ3n) is 5.31. The summed E-state index contributed by atoms with van der Waals surface area (Å²) < 4.78 is 25.6. The first-order valence-corrected chi connectivity index (χ1v) is 12.6. The topological polar surface area (TPSA) is 55.8 Å². The van der Waals surface area contributed by atoms with E-state index in [0.29, 0.717) is 19.3 Å². The fraction of sp³-hybridized carbons (Fsp3) is 0.385. The van der Waals surface area contributed by atoms with Crippen molar-refractivity contribution in [1.29, 1.82) is 0 Å². The monoisotopic (exact) mass is 442 g/mol. The van der Waals surface area contributed by atoms with Gasteiger partial charge in [-0.2, -0.15) is 0 Å². The van der Waals surface area contributed by atoms with Gasteiger partial charge in [0, 0.05) is 0 Å². The minimum atomic E-state index is -3.63. The molecule has 0 radical (unpaired) electrons. The van der Waals surface area contributed by atoms with E-state index in [0.717, 1.165) is 11.1 Å². The third-order valence-corrected chi connectivity index (χ3v) is 8.26. The first-order valence-electron chi connectivity index (χ1n) is 11.0. The van der Waals surface area contributed by atoms with Gasteiger partial charge in [0.2, 0.25) is 0 Å². The maximum absolute atomic E-state index is 14.0. The number of hydrogen-bond donors (Lipinski definition) is 1. The summed E-state index contributed by atoms with van der Waals surface area (Å²) in [5.74, 6) is 0. The third kappa shape index (κ3) is 6.75. The van der Waals surface area contributed by atoms with E-state index in [1.54, 1.807) is 13.8 Å². The van der Waals surface area contributed by atoms with E-state index in [1.807, 2.05) is 91.9 Å². The molecule has 5 heteroatoms. The molecule has 1 unspecified atom stereocenters. The van der Waals surface area contributed by atoms with Crippen molar-refractivity contribution in [3.63, 3.8) is 0 Å². The normalized spacial score (nSPS) is 13.8. The summed E-state index contributed by atoms with van der Waals surface area (Å²) in [7, 11) is -3.63. The molecule has 2 aromatic carbocycles. The lowest BCUT2D eigenvalue weighted by Gasteiger charge is -2.41. The standard InChI is InChI=1S/C26H35O4P/c1-4-25(27)26(31(28,29-5-2)30-6-3,21-13-19-23-15-9-7-10-16-23)22-14-20-24-17-11-8-12-18-24/h7-20,25,27H,4-6,21-22H2,1-3H3/b19-13+,20-14+. The fourth-order valence-corrected chi connectivity index (χ4v) is 6.18. The lowest BCUT2D eigenvalue weighted by molar-refractivity contribution is 0.0894. The highest BCUT2D eigenvalue weighted by Gasteiger charge is 2.53. The first-order chi connectivity index (χ1) is 15.0. The van der Waals surface area contributed by atoms with Crippen molar-refractivity contribution in [1.82, 2.24) is 0 Å². The predicted octanol–water partition coefficient (Wildman–Crippen LogP) is 6.97. The van der Waals surface area contributed by atoms with Crippen LogP contribution in [0.25, 0.3) is 12.2 Å². The molecule has 0 aliphatic heterocycles. The summed E-state index contributed by atoms with van der Waals surface area (Å²) in [6, 6.07) is 19.9. The first kappa shape index (κ1) is 25.3. The van der Waals surface area contributed by atoms with Crippen molar-refractivity contribution in [2.45, 2.75) is 51.3 Å². The van der Waals surface area contributed by atoms with Crippen LogP contribution in [0.2, 0.25) is 0 Å². The molecule has 0 aromatic heterocycles. The second kappa shape index (κ2) is 12.8. The molecule has 0 heterocycles. The molecule has 1 N–H and O–H groups in total. The lowest BCUT2D eigenvalue weighted by atomic mass is 9.91. The zero-order valence-corrected chi connectivity index (χ0v) is 19.7. The van der Waals surface area contributed by atoms with Crippen LogP contribution < -0.4 is 0 Å². The minimum Gasteiger partial charge on any atom is -0.392 e. The molecule has 0 amide bonds. The predicted molar refractivity (Wildman–Crippen MR) is 130 cm³/mol. The Hall–Kier alpha value is -1.97. The van der Waals surface area contributed by atoms with Gasteiger partial charge >= 0.3 is 7.60 Å². The van der Waals surface area contributed by atoms with E-state index < -0.39 is 18.9 Å². The van der Waals surface area contributed by atoms with Crippen LogP contribution in [0.1, 0.15) is 51.2 Å². The Bertz CT molecular complexity index is 800. The van der Waals surface area contributed by atoms with E-state index in [2.05, 4.69) is 0 Å². The maximum Gasteiger partial charge on any atom is 0.339 e. The smallest absolute Gasteiger partial charge is 0.339 e. The Kier molecular flexibility index (Phi) is 10.4. The van der Waals surface area contributed by atoms with Gasteiger partial charge in [0.15, 0.2) is 0 Å². The molecule has 0 saturated heterocycles. The van der Waals surface area contributed by atoms with Crippen LogP contribution in [0.4, 0.5) is 0 Å². The van der Waals surface area contributed by atoms with Crippen LogP contribution >= 0.6 is 7.60 Å². The Balaban J connectivity index is 2.44. The van der Waals surface area contributed by atoms with Gasteiger partial charge in [-0.3, -0.25) is 4.57 Å². The van der Waals surface area contributed by atoms with E-state index in [9.17, 15) is 9.67 Å². The van der Waals surface area contributed by atoms with Crippen LogP contribution in [0.15, 0.2) is 72.8 Å². The molecule has 2 rings (SSSR count). The van der Waals surface area contributed by atoms with Gasteiger partial charge in [-0.1, -0.05) is 91.9 Å². The summed E-state index contributed by atoms with van der Waals surface area (Å²) in [6.45, 7) is 5.99. The largest absolute Gasteiger partial charge is 0.392 e. The van der Waals surface area contributed by atoms with Gasteiger partial charge in [0.1, 0.15) is 5.16 Å². The van der Waals surface area contributed by atoms with E-state index >= 15 is 0 Å². The second-order valence-electron chi connectivity index (χ2n) is 7.39. The maximum atomic E-state index is 14.0. The SMILES string of the molecule is CCOP(=O)(OCC)C(C/C=C/c1ccccc1)(C/C=C/c1ccccc1)C(O)CC. The molecule has 2 aromatic rings. The molecule has 0 aliphatic carbocycles. The number of aliphatic hydroxyl groups is 1. The zero-order chi connectivity index (χ0) is 22.6. The van der Waals surface area contributed by atoms with Crippen LogP contribution in [-0.4, -0.2) is 29.6 Å². The van der Waals surface area contributed by atoms with E-state index in [1.165, 1.54) is 0 Å². The summed E-state index contributed by atoms with van der Waals surface area (Å²) in [6.07, 6.45) is 8.24. The van der Waals surface area contributed by atoms with Crippen molar-refractivity contribution in [3.8, 4) is 0 Å². The Morgan fingerprint density at radius 1 is 0.839 bits per heavy atom. The number of rotatable bonds is 13. The molecule has 0 bridgehead atoms. The molecular formula is C26H35O4P. The van der Waals surface area contributed by atoms with Gasteiger partial charge in [-0.25, -0.2) is 0 Å². The van der Waals surface area contributed by atoms with Crippen molar-refractivity contribution < 1.29 is 18.7 Å². The van der Waals surface area contributed by atoms with E-state index in [-0.39, 0.29) is 13.2 Å². The van der Waals surface area contributed by atoms with Crippen molar-refractivity contribution >= 4 is 19.7 Å². The molecule has 0 saturated carbocycles. The minimum absolute atomic E-state index is 0.250. The summed E-state index contributed by atoms with van der Waals surface area (Å²) in [5.41, 5.74) is 2.09. The van der Waals surface area contributed by atoms with Crippen LogP contribution in [-0.2, 0) is 13.6 Å². The second-order valence-corrected chi connectivity index (χ2v) is 9.80. The van der Waals surface area contributed by atoms with Crippen molar-refractivity contribution in [3.05, 3.63) is 83.9 Å². The summed E-state index contributed by atoms with van der Waals surface area (Å²) in [5, 5.41) is 10.1. The molecule has 0 fully saturated rings. The van der Waals surface area contributed by atoms with Crippen molar-refractivity contribution in [2.75, 3.05) is 13.2 Å². The molecule has 4 nitrogen and oxygen atoms in total. The van der Waals surface area contributed by atoms with Gasteiger partial charge in [-0.05, 0) is 44.2 Å². The quantitative estimate of drug-likeness (QED) is 0.340. The van der Waals surface area contributed by atoms with Gasteiger partial charge in [-0.15, -0.1) is 0 Å². The van der Waals surface area contributed by atoms with E-state index in [4.69, 9.17) is 9.05 Å². The van der Waals surface area contributed by atoms with Crippen LogP contribution in [0, 0.1) is 0 Å². The molecule has 1 atom stereocenters. The summed E-state index contributed by atoms with van der Waals surface area (Å²) in [4.78, 5) is 0. The van der Waals surface area contributed by atoms with Crippen LogP contribution in [0.3, 0.4) is 0 Å². The average Bonchev–Trinajstić information content (AvgIpc) is 2.79. The Morgan fingerprint density at radius 3 is 1.61 bits per heavy atom. The number of hydrogen-bond acceptors (Lipinski definition) is 4. The number of allylic oxidation sites excluding steroid dienone is 2. The van der Waals surface area contributed by atoms with Gasteiger partial charge in [0.05, 0.1) is 19.3 Å². The molecule has 0 aliphatic rings. The lowest BCUT2D eigenvalue weighted by Crippen LogP contribution is -2.42. The van der Waals surface area contributed by atoms with Crippen LogP contribution in [0.5, 0.6) is 0 Å². The molecule has 168 valence electrons. The fourth-order valence-electron chi connectivity index (χ4n) is 3.70. The molecule has 31 heavy (non-hydrogen) atoms. The number of aliphatic hydroxyl groups excluding tert-OH is 1. The Labute approximate surface area is 187 Å². The van der Waals surface area contributed by atoms with Gasteiger partial charge < -0.3 is 14.2 Å². The van der Waals surface area contributed by atoms with Crippen molar-refractivity contribution in [2.24, 2.45) is 0 Å².